The van der Waals surface area contributed by atoms with E-state index >= 15 is 0 Å². The third kappa shape index (κ3) is 5.13. The summed E-state index contributed by atoms with van der Waals surface area (Å²) < 4.78 is 6.31. The van der Waals surface area contributed by atoms with Gasteiger partial charge in [-0.05, 0) is 44.9 Å². The van der Waals surface area contributed by atoms with E-state index in [1.807, 2.05) is 32.9 Å². The number of halogens is 1. The summed E-state index contributed by atoms with van der Waals surface area (Å²) in [5.74, 6) is 0. The Bertz CT molecular complexity index is 485. The molecule has 4 nitrogen and oxygen atoms in total. The van der Waals surface area contributed by atoms with Crippen molar-refractivity contribution in [2.75, 3.05) is 0 Å². The Balaban J connectivity index is 1.69. The summed E-state index contributed by atoms with van der Waals surface area (Å²) >= 11 is 3.46. The number of amides is 1. The predicted octanol–water partition coefficient (Wildman–Crippen LogP) is 3.20. The highest BCUT2D eigenvalue weighted by Crippen LogP contribution is 2.22. The molecular weight excluding hydrogens is 320 g/mol. The molecule has 0 radical (unpaired) electrons. The topological polar surface area (TPSA) is 50.4 Å². The van der Waals surface area contributed by atoms with Crippen molar-refractivity contribution >= 4 is 22.0 Å². The van der Waals surface area contributed by atoms with E-state index in [1.165, 1.54) is 5.56 Å². The van der Waals surface area contributed by atoms with Crippen LogP contribution in [0.2, 0.25) is 0 Å². The van der Waals surface area contributed by atoms with E-state index < -0.39 is 5.60 Å². The molecule has 1 saturated carbocycles. The number of nitrogens with one attached hydrogen (secondary N) is 2. The van der Waals surface area contributed by atoms with Crippen molar-refractivity contribution < 1.29 is 9.53 Å². The van der Waals surface area contributed by atoms with E-state index in [0.717, 1.165) is 17.4 Å². The Kier molecular flexibility index (Phi) is 4.70. The molecule has 0 aliphatic heterocycles. The van der Waals surface area contributed by atoms with Gasteiger partial charge in [-0.1, -0.05) is 28.1 Å². The second kappa shape index (κ2) is 6.14. The van der Waals surface area contributed by atoms with Crippen LogP contribution in [0.5, 0.6) is 0 Å². The first kappa shape index (κ1) is 15.3. The summed E-state index contributed by atoms with van der Waals surface area (Å²) in [6.45, 7) is 6.39. The molecule has 1 aliphatic rings. The SMILES string of the molecule is CC(C)(C)OC(=O)NC1CC1NCc1cccc(Br)c1. The quantitative estimate of drug-likeness (QED) is 0.884. The van der Waals surface area contributed by atoms with Gasteiger partial charge < -0.3 is 15.4 Å². The lowest BCUT2D eigenvalue weighted by Gasteiger charge is -2.19. The van der Waals surface area contributed by atoms with Crippen molar-refractivity contribution in [1.82, 2.24) is 10.6 Å². The summed E-state index contributed by atoms with van der Waals surface area (Å²) in [5.41, 5.74) is 0.778. The molecule has 2 atom stereocenters. The van der Waals surface area contributed by atoms with Crippen LogP contribution in [0.1, 0.15) is 32.8 Å². The highest BCUT2D eigenvalue weighted by Gasteiger charge is 2.38. The molecule has 0 heterocycles. The Hall–Kier alpha value is -1.07. The average Bonchev–Trinajstić information content (AvgIpc) is 3.02. The van der Waals surface area contributed by atoms with Gasteiger partial charge in [0.2, 0.25) is 0 Å². The van der Waals surface area contributed by atoms with Crippen molar-refractivity contribution in [3.05, 3.63) is 34.3 Å². The summed E-state index contributed by atoms with van der Waals surface area (Å²) in [4.78, 5) is 11.6. The lowest BCUT2D eigenvalue weighted by Crippen LogP contribution is -2.36. The molecule has 2 rings (SSSR count). The fourth-order valence-electron chi connectivity index (χ4n) is 1.93. The molecule has 2 unspecified atom stereocenters. The lowest BCUT2D eigenvalue weighted by atomic mass is 10.2. The minimum atomic E-state index is -0.446. The smallest absolute Gasteiger partial charge is 0.407 e. The Morgan fingerprint density at radius 3 is 2.80 bits per heavy atom. The zero-order valence-electron chi connectivity index (χ0n) is 12.1. The van der Waals surface area contributed by atoms with Crippen molar-refractivity contribution in [3.8, 4) is 0 Å². The van der Waals surface area contributed by atoms with Crippen LogP contribution in [-0.4, -0.2) is 23.8 Å². The third-order valence-corrected chi connectivity index (χ3v) is 3.44. The van der Waals surface area contributed by atoms with E-state index in [1.54, 1.807) is 0 Å². The second-order valence-electron chi connectivity index (χ2n) is 6.11. The maximum atomic E-state index is 11.6. The highest BCUT2D eigenvalue weighted by molar-refractivity contribution is 9.10. The lowest BCUT2D eigenvalue weighted by molar-refractivity contribution is 0.0522. The Labute approximate surface area is 128 Å². The first-order valence-electron chi connectivity index (χ1n) is 6.81. The molecule has 1 amide bonds. The van der Waals surface area contributed by atoms with E-state index in [4.69, 9.17) is 4.74 Å². The molecule has 0 saturated heterocycles. The number of rotatable bonds is 4. The molecule has 0 aromatic heterocycles. The molecule has 1 aromatic carbocycles. The zero-order chi connectivity index (χ0) is 14.8. The average molecular weight is 341 g/mol. The first-order chi connectivity index (χ1) is 9.33. The molecule has 20 heavy (non-hydrogen) atoms. The molecule has 1 aromatic rings. The monoisotopic (exact) mass is 340 g/mol. The van der Waals surface area contributed by atoms with Gasteiger partial charge in [0, 0.05) is 23.1 Å². The van der Waals surface area contributed by atoms with Crippen molar-refractivity contribution in [2.24, 2.45) is 0 Å². The summed E-state index contributed by atoms with van der Waals surface area (Å²) in [6.07, 6.45) is 0.613. The van der Waals surface area contributed by atoms with Gasteiger partial charge in [0.1, 0.15) is 5.60 Å². The Morgan fingerprint density at radius 2 is 2.15 bits per heavy atom. The molecule has 1 fully saturated rings. The first-order valence-corrected chi connectivity index (χ1v) is 7.60. The number of carbonyl (C=O) groups is 1. The van der Waals surface area contributed by atoms with E-state index in [2.05, 4.69) is 38.7 Å². The van der Waals surface area contributed by atoms with Crippen LogP contribution >= 0.6 is 15.9 Å². The van der Waals surface area contributed by atoms with Crippen LogP contribution in [0.3, 0.4) is 0 Å². The summed E-state index contributed by atoms with van der Waals surface area (Å²) in [7, 11) is 0. The number of benzene rings is 1. The Morgan fingerprint density at radius 1 is 1.40 bits per heavy atom. The highest BCUT2D eigenvalue weighted by atomic mass is 79.9. The van der Waals surface area contributed by atoms with Gasteiger partial charge in [-0.15, -0.1) is 0 Å². The number of hydrogen-bond donors (Lipinski definition) is 2. The van der Waals surface area contributed by atoms with Gasteiger partial charge >= 0.3 is 6.09 Å². The maximum absolute atomic E-state index is 11.6. The van der Waals surface area contributed by atoms with E-state index in [0.29, 0.717) is 6.04 Å². The van der Waals surface area contributed by atoms with Gasteiger partial charge in [-0.3, -0.25) is 0 Å². The van der Waals surface area contributed by atoms with E-state index in [-0.39, 0.29) is 12.1 Å². The fourth-order valence-corrected chi connectivity index (χ4v) is 2.38. The molecule has 0 bridgehead atoms. The number of hydrogen-bond acceptors (Lipinski definition) is 3. The maximum Gasteiger partial charge on any atom is 0.407 e. The molecule has 110 valence electrons. The summed E-state index contributed by atoms with van der Waals surface area (Å²) in [6, 6.07) is 8.71. The largest absolute Gasteiger partial charge is 0.444 e. The van der Waals surface area contributed by atoms with Gasteiger partial charge in [0.25, 0.3) is 0 Å². The molecule has 2 N–H and O–H groups in total. The van der Waals surface area contributed by atoms with Crippen LogP contribution in [0, 0.1) is 0 Å². The molecule has 5 heteroatoms. The predicted molar refractivity (Wildman–Crippen MR) is 82.5 cm³/mol. The van der Waals surface area contributed by atoms with Gasteiger partial charge in [-0.2, -0.15) is 0 Å². The molecular formula is C15H21BrN2O2. The van der Waals surface area contributed by atoms with E-state index in [9.17, 15) is 4.79 Å². The normalized spacial score (nSPS) is 21.4. The van der Waals surface area contributed by atoms with Crippen molar-refractivity contribution in [3.63, 3.8) is 0 Å². The number of carbonyl (C=O) groups excluding carboxylic acids is 1. The molecule has 0 spiro atoms. The third-order valence-electron chi connectivity index (χ3n) is 2.95. The van der Waals surface area contributed by atoms with Gasteiger partial charge in [0.15, 0.2) is 0 Å². The van der Waals surface area contributed by atoms with Crippen LogP contribution in [0.25, 0.3) is 0 Å². The van der Waals surface area contributed by atoms with Crippen LogP contribution in [0.4, 0.5) is 4.79 Å². The van der Waals surface area contributed by atoms with Crippen LogP contribution in [0.15, 0.2) is 28.7 Å². The fraction of sp³-hybridized carbons (Fsp3) is 0.533. The van der Waals surface area contributed by atoms with Gasteiger partial charge in [-0.25, -0.2) is 4.79 Å². The van der Waals surface area contributed by atoms with Crippen molar-refractivity contribution in [2.45, 2.75) is 51.4 Å². The van der Waals surface area contributed by atoms with Crippen molar-refractivity contribution in [1.29, 1.82) is 0 Å². The number of alkyl carbamates (subject to hydrolysis) is 1. The minimum absolute atomic E-state index is 0.178. The second-order valence-corrected chi connectivity index (χ2v) is 7.02. The van der Waals surface area contributed by atoms with Crippen LogP contribution < -0.4 is 10.6 Å². The van der Waals surface area contributed by atoms with Gasteiger partial charge in [0.05, 0.1) is 0 Å². The summed E-state index contributed by atoms with van der Waals surface area (Å²) in [5, 5.41) is 6.30. The zero-order valence-corrected chi connectivity index (χ0v) is 13.7. The number of ether oxygens (including phenoxy) is 1. The molecule has 1 aliphatic carbocycles. The standard InChI is InChI=1S/C15H21BrN2O2/c1-15(2,3)20-14(19)18-13-8-12(13)17-9-10-5-4-6-11(16)7-10/h4-7,12-13,17H,8-9H2,1-3H3,(H,18,19). The van der Waals surface area contributed by atoms with Crippen LogP contribution in [-0.2, 0) is 11.3 Å². The minimum Gasteiger partial charge on any atom is -0.444 e.